The summed E-state index contributed by atoms with van der Waals surface area (Å²) in [6.45, 7) is 8.69. The van der Waals surface area contributed by atoms with Crippen molar-refractivity contribution in [1.29, 1.82) is 0 Å². The molecule has 0 aliphatic heterocycles. The zero-order valence-corrected chi connectivity index (χ0v) is 14.2. The lowest BCUT2D eigenvalue weighted by molar-refractivity contribution is 0.555. The van der Waals surface area contributed by atoms with E-state index in [2.05, 4.69) is 56.4 Å². The van der Waals surface area contributed by atoms with Crippen LogP contribution in [0.2, 0.25) is 0 Å². The monoisotopic (exact) mass is 302 g/mol. The molecule has 0 radical (unpaired) electrons. The van der Waals surface area contributed by atoms with Crippen molar-refractivity contribution in [1.82, 2.24) is 10.3 Å². The summed E-state index contributed by atoms with van der Waals surface area (Å²) in [5.74, 6) is 0.678. The summed E-state index contributed by atoms with van der Waals surface area (Å²) in [6.07, 6.45) is 3.55. The van der Waals surface area contributed by atoms with E-state index < -0.39 is 0 Å². The van der Waals surface area contributed by atoms with Gasteiger partial charge in [0.25, 0.3) is 0 Å². The number of nitrogens with zero attached hydrogens (tertiary/aromatic N) is 1. The fourth-order valence-corrected chi connectivity index (χ4v) is 3.35. The van der Waals surface area contributed by atoms with Crippen LogP contribution in [0.3, 0.4) is 0 Å². The molecule has 0 aliphatic rings. The van der Waals surface area contributed by atoms with Gasteiger partial charge in [-0.2, -0.15) is 0 Å². The highest BCUT2D eigenvalue weighted by molar-refractivity contribution is 7.12. The Labute approximate surface area is 132 Å². The van der Waals surface area contributed by atoms with E-state index in [1.807, 2.05) is 11.3 Å². The minimum Gasteiger partial charge on any atom is -0.312 e. The van der Waals surface area contributed by atoms with Gasteiger partial charge in [-0.15, -0.1) is 11.3 Å². The van der Waals surface area contributed by atoms with Crippen LogP contribution in [0.25, 0.3) is 11.3 Å². The molecule has 1 aromatic heterocycles. The van der Waals surface area contributed by atoms with Crippen LogP contribution in [0.1, 0.15) is 43.5 Å². The first kappa shape index (κ1) is 16.2. The van der Waals surface area contributed by atoms with E-state index in [9.17, 15) is 0 Å². The quantitative estimate of drug-likeness (QED) is 0.750. The lowest BCUT2D eigenvalue weighted by atomic mass is 10.1. The number of nitrogens with one attached hydrogen (secondary N) is 1. The van der Waals surface area contributed by atoms with Crippen LogP contribution in [-0.4, -0.2) is 11.5 Å². The first-order chi connectivity index (χ1) is 10.2. The van der Waals surface area contributed by atoms with Gasteiger partial charge >= 0.3 is 0 Å². The maximum Gasteiger partial charge on any atom is 0.0935 e. The van der Waals surface area contributed by atoms with Gasteiger partial charge in [0.2, 0.25) is 0 Å². The van der Waals surface area contributed by atoms with Crippen LogP contribution in [0.4, 0.5) is 0 Å². The van der Waals surface area contributed by atoms with Crippen LogP contribution in [0.5, 0.6) is 0 Å². The molecule has 2 aromatic rings. The Kier molecular flexibility index (Phi) is 6.40. The Morgan fingerprint density at radius 2 is 1.95 bits per heavy atom. The van der Waals surface area contributed by atoms with Crippen LogP contribution in [-0.2, 0) is 13.0 Å². The molecule has 0 bridgehead atoms. The van der Waals surface area contributed by atoms with E-state index >= 15 is 0 Å². The molecule has 1 heterocycles. The third kappa shape index (κ3) is 4.94. The molecule has 0 atom stereocenters. The Balaban J connectivity index is 2.17. The fourth-order valence-electron chi connectivity index (χ4n) is 2.25. The van der Waals surface area contributed by atoms with Crippen LogP contribution < -0.4 is 5.32 Å². The second-order valence-corrected chi connectivity index (χ2v) is 7.04. The highest BCUT2D eigenvalue weighted by Gasteiger charge is 2.12. The molecule has 21 heavy (non-hydrogen) atoms. The Hall–Kier alpha value is -1.19. The predicted molar refractivity (Wildman–Crippen MR) is 92.7 cm³/mol. The topological polar surface area (TPSA) is 24.9 Å². The van der Waals surface area contributed by atoms with Crippen molar-refractivity contribution < 1.29 is 0 Å². The molecule has 0 saturated carbocycles. The molecule has 0 unspecified atom stereocenters. The van der Waals surface area contributed by atoms with Gasteiger partial charge in [-0.25, -0.2) is 4.98 Å². The number of aromatic nitrogens is 1. The standard InChI is InChI=1S/C18H26N2S/c1-4-5-11-17-20-18(15-9-7-6-8-10-15)16(21-17)13-19-12-14(2)3/h6-10,14,19H,4-5,11-13H2,1-3H3. The molecule has 3 heteroatoms. The Morgan fingerprint density at radius 3 is 2.62 bits per heavy atom. The first-order valence-corrected chi connectivity index (χ1v) is 8.77. The molecule has 1 aromatic carbocycles. The molecule has 114 valence electrons. The Bertz CT molecular complexity index is 531. The average molecular weight is 302 g/mol. The smallest absolute Gasteiger partial charge is 0.0935 e. The van der Waals surface area contributed by atoms with E-state index in [1.165, 1.54) is 34.0 Å². The number of benzene rings is 1. The second kappa shape index (κ2) is 8.30. The zero-order chi connectivity index (χ0) is 15.1. The lowest BCUT2D eigenvalue weighted by Gasteiger charge is -2.07. The van der Waals surface area contributed by atoms with Gasteiger partial charge < -0.3 is 5.32 Å². The van der Waals surface area contributed by atoms with Crippen molar-refractivity contribution in [2.45, 2.75) is 46.6 Å². The molecule has 2 rings (SSSR count). The van der Waals surface area contributed by atoms with Crippen LogP contribution in [0.15, 0.2) is 30.3 Å². The summed E-state index contributed by atoms with van der Waals surface area (Å²) < 4.78 is 0. The largest absolute Gasteiger partial charge is 0.312 e. The predicted octanol–water partition coefficient (Wildman–Crippen LogP) is 4.90. The number of hydrogen-bond acceptors (Lipinski definition) is 3. The highest BCUT2D eigenvalue weighted by Crippen LogP contribution is 2.29. The van der Waals surface area contributed by atoms with E-state index in [1.54, 1.807) is 0 Å². The fraction of sp³-hybridized carbons (Fsp3) is 0.500. The van der Waals surface area contributed by atoms with Crippen molar-refractivity contribution in [2.24, 2.45) is 5.92 Å². The summed E-state index contributed by atoms with van der Waals surface area (Å²) >= 11 is 1.87. The van der Waals surface area contributed by atoms with Gasteiger partial charge in [-0.05, 0) is 25.3 Å². The van der Waals surface area contributed by atoms with Crippen molar-refractivity contribution in [3.8, 4) is 11.3 Å². The molecular weight excluding hydrogens is 276 g/mol. The number of thiazole rings is 1. The summed E-state index contributed by atoms with van der Waals surface area (Å²) in [5, 5.41) is 4.83. The van der Waals surface area contributed by atoms with Crippen LogP contribution >= 0.6 is 11.3 Å². The van der Waals surface area contributed by atoms with Gasteiger partial charge in [-0.1, -0.05) is 57.5 Å². The molecular formula is C18H26N2S. The van der Waals surface area contributed by atoms with Crippen molar-refractivity contribution in [2.75, 3.05) is 6.54 Å². The van der Waals surface area contributed by atoms with Gasteiger partial charge in [0, 0.05) is 17.0 Å². The summed E-state index contributed by atoms with van der Waals surface area (Å²) in [7, 11) is 0. The van der Waals surface area contributed by atoms with E-state index in [4.69, 9.17) is 4.98 Å². The molecule has 0 amide bonds. The number of hydrogen-bond donors (Lipinski definition) is 1. The third-order valence-corrected chi connectivity index (χ3v) is 4.49. The minimum atomic E-state index is 0.678. The summed E-state index contributed by atoms with van der Waals surface area (Å²) in [6, 6.07) is 10.6. The van der Waals surface area contributed by atoms with E-state index in [0.29, 0.717) is 5.92 Å². The normalized spacial score (nSPS) is 11.2. The van der Waals surface area contributed by atoms with Crippen molar-refractivity contribution >= 4 is 11.3 Å². The molecule has 0 aliphatic carbocycles. The number of rotatable bonds is 8. The SMILES string of the molecule is CCCCc1nc(-c2ccccc2)c(CNCC(C)C)s1. The zero-order valence-electron chi connectivity index (χ0n) is 13.4. The number of unbranched alkanes of at least 4 members (excludes halogenated alkanes) is 1. The molecule has 2 nitrogen and oxygen atoms in total. The van der Waals surface area contributed by atoms with Gasteiger partial charge in [-0.3, -0.25) is 0 Å². The van der Waals surface area contributed by atoms with Crippen molar-refractivity contribution in [3.63, 3.8) is 0 Å². The molecule has 0 fully saturated rings. The van der Waals surface area contributed by atoms with Gasteiger partial charge in [0.15, 0.2) is 0 Å². The van der Waals surface area contributed by atoms with Gasteiger partial charge in [0.05, 0.1) is 10.7 Å². The Morgan fingerprint density at radius 1 is 1.19 bits per heavy atom. The van der Waals surface area contributed by atoms with E-state index in [-0.39, 0.29) is 0 Å². The number of aryl methyl sites for hydroxylation is 1. The first-order valence-electron chi connectivity index (χ1n) is 7.95. The average Bonchev–Trinajstić information content (AvgIpc) is 2.89. The maximum atomic E-state index is 4.89. The van der Waals surface area contributed by atoms with Crippen molar-refractivity contribution in [3.05, 3.63) is 40.2 Å². The molecule has 0 spiro atoms. The van der Waals surface area contributed by atoms with Gasteiger partial charge in [0.1, 0.15) is 0 Å². The summed E-state index contributed by atoms with van der Waals surface area (Å²) in [4.78, 5) is 6.26. The highest BCUT2D eigenvalue weighted by atomic mass is 32.1. The maximum absolute atomic E-state index is 4.89. The molecule has 0 saturated heterocycles. The summed E-state index contributed by atoms with van der Waals surface area (Å²) in [5.41, 5.74) is 2.40. The third-order valence-electron chi connectivity index (χ3n) is 3.37. The van der Waals surface area contributed by atoms with Crippen LogP contribution in [0, 0.1) is 5.92 Å². The minimum absolute atomic E-state index is 0.678. The molecule has 1 N–H and O–H groups in total. The lowest BCUT2D eigenvalue weighted by Crippen LogP contribution is -2.18. The van der Waals surface area contributed by atoms with E-state index in [0.717, 1.165) is 19.5 Å². The second-order valence-electron chi connectivity index (χ2n) is 5.87.